The Morgan fingerprint density at radius 1 is 1.25 bits per heavy atom. The molecule has 0 aromatic rings. The Morgan fingerprint density at radius 2 is 1.95 bits per heavy atom. The van der Waals surface area contributed by atoms with Crippen molar-refractivity contribution in [1.29, 1.82) is 0 Å². The molecule has 2 saturated carbocycles. The van der Waals surface area contributed by atoms with Crippen molar-refractivity contribution in [3.8, 4) is 0 Å². The standard InChI is InChI=1S/C14H25N3O3/c1-5-20-12(19)17-16-11(18)15-10-8-9-6-7-14(10,4)13(9,2)3/h9-10H,5-8H2,1-4H3,(H,17,19)(H2,15,16,18)/t9-,10-,14-/m1/s1. The van der Waals surface area contributed by atoms with Crippen molar-refractivity contribution in [3.63, 3.8) is 0 Å². The van der Waals surface area contributed by atoms with Crippen molar-refractivity contribution in [2.24, 2.45) is 16.7 Å². The van der Waals surface area contributed by atoms with E-state index in [1.807, 2.05) is 0 Å². The van der Waals surface area contributed by atoms with Crippen LogP contribution in [0, 0.1) is 16.7 Å². The van der Waals surface area contributed by atoms with E-state index in [4.69, 9.17) is 0 Å². The number of amides is 3. The lowest BCUT2D eigenvalue weighted by Gasteiger charge is -2.39. The fraction of sp³-hybridized carbons (Fsp3) is 0.857. The van der Waals surface area contributed by atoms with Gasteiger partial charge in [0.25, 0.3) is 0 Å². The molecule has 0 unspecified atom stereocenters. The summed E-state index contributed by atoms with van der Waals surface area (Å²) in [6.45, 7) is 8.81. The number of hydrogen-bond donors (Lipinski definition) is 3. The van der Waals surface area contributed by atoms with E-state index in [0.29, 0.717) is 5.92 Å². The van der Waals surface area contributed by atoms with Crippen LogP contribution in [0.3, 0.4) is 0 Å². The molecule has 2 aliphatic carbocycles. The summed E-state index contributed by atoms with van der Waals surface area (Å²) in [6, 6.07) is -0.229. The van der Waals surface area contributed by atoms with Gasteiger partial charge in [-0.25, -0.2) is 20.4 Å². The zero-order chi connectivity index (χ0) is 15.0. The Kier molecular flexibility index (Phi) is 3.84. The maximum atomic E-state index is 11.8. The van der Waals surface area contributed by atoms with E-state index in [0.717, 1.165) is 12.8 Å². The summed E-state index contributed by atoms with van der Waals surface area (Å²) >= 11 is 0. The lowest BCUT2D eigenvalue weighted by atomic mass is 9.69. The highest BCUT2D eigenvalue weighted by Gasteiger charge is 2.61. The number of hydrogen-bond acceptors (Lipinski definition) is 3. The van der Waals surface area contributed by atoms with Crippen LogP contribution in [0.1, 0.15) is 47.0 Å². The molecule has 0 aromatic heterocycles. The minimum absolute atomic E-state index is 0.124. The van der Waals surface area contributed by atoms with E-state index in [9.17, 15) is 9.59 Å². The summed E-state index contributed by atoms with van der Waals surface area (Å²) in [5, 5.41) is 2.98. The third kappa shape index (κ3) is 2.31. The van der Waals surface area contributed by atoms with Gasteiger partial charge in [-0.3, -0.25) is 0 Å². The van der Waals surface area contributed by atoms with E-state index in [-0.39, 0.29) is 29.5 Å². The van der Waals surface area contributed by atoms with Gasteiger partial charge in [0.2, 0.25) is 0 Å². The van der Waals surface area contributed by atoms with E-state index in [2.05, 4.69) is 41.7 Å². The van der Waals surface area contributed by atoms with Crippen molar-refractivity contribution in [2.45, 2.75) is 53.0 Å². The minimum atomic E-state index is -0.651. The second kappa shape index (κ2) is 5.14. The molecule has 3 amide bonds. The number of hydrazine groups is 1. The zero-order valence-electron chi connectivity index (χ0n) is 12.7. The van der Waals surface area contributed by atoms with Gasteiger partial charge in [0, 0.05) is 6.04 Å². The Hall–Kier alpha value is -1.46. The van der Waals surface area contributed by atoms with Crippen molar-refractivity contribution in [2.75, 3.05) is 6.61 Å². The Balaban J connectivity index is 1.86. The molecule has 2 bridgehead atoms. The molecule has 3 atom stereocenters. The van der Waals surface area contributed by atoms with E-state index in [1.54, 1.807) is 6.92 Å². The molecule has 114 valence electrons. The van der Waals surface area contributed by atoms with Gasteiger partial charge in [-0.2, -0.15) is 0 Å². The molecule has 0 spiro atoms. The molecule has 0 saturated heterocycles. The molecule has 3 N–H and O–H groups in total. The molecule has 2 fully saturated rings. The summed E-state index contributed by atoms with van der Waals surface area (Å²) in [5.41, 5.74) is 4.91. The predicted octanol–water partition coefficient (Wildman–Crippen LogP) is 2.16. The molecule has 2 rings (SSSR count). The third-order valence-corrected chi connectivity index (χ3v) is 5.65. The molecular formula is C14H25N3O3. The van der Waals surface area contributed by atoms with Crippen molar-refractivity contribution in [1.82, 2.24) is 16.2 Å². The number of rotatable bonds is 2. The first-order valence-electron chi connectivity index (χ1n) is 7.30. The van der Waals surface area contributed by atoms with Crippen molar-refractivity contribution >= 4 is 12.1 Å². The zero-order valence-corrected chi connectivity index (χ0v) is 12.7. The average molecular weight is 283 g/mol. The Morgan fingerprint density at radius 3 is 2.45 bits per heavy atom. The van der Waals surface area contributed by atoms with E-state index in [1.165, 1.54) is 6.42 Å². The second-order valence-corrected chi connectivity index (χ2v) is 6.61. The molecule has 0 aromatic carbocycles. The van der Waals surface area contributed by atoms with Crippen LogP contribution in [0.5, 0.6) is 0 Å². The Bertz CT molecular complexity index is 410. The van der Waals surface area contributed by atoms with Gasteiger partial charge in [0.1, 0.15) is 0 Å². The van der Waals surface area contributed by atoms with Crippen LogP contribution >= 0.6 is 0 Å². The van der Waals surface area contributed by atoms with Gasteiger partial charge >= 0.3 is 12.1 Å². The van der Waals surface area contributed by atoms with Crippen LogP contribution in [0.25, 0.3) is 0 Å². The van der Waals surface area contributed by atoms with Gasteiger partial charge in [-0.15, -0.1) is 0 Å². The Labute approximate surface area is 120 Å². The molecule has 0 heterocycles. The number of fused-ring (bicyclic) bond motifs is 2. The quantitative estimate of drug-likeness (QED) is 0.679. The van der Waals surface area contributed by atoms with Crippen LogP contribution in [0.15, 0.2) is 0 Å². The number of urea groups is 1. The van der Waals surface area contributed by atoms with E-state index < -0.39 is 6.09 Å². The largest absolute Gasteiger partial charge is 0.449 e. The number of carbonyl (C=O) groups excluding carboxylic acids is 2. The van der Waals surface area contributed by atoms with Crippen LogP contribution in [0.4, 0.5) is 9.59 Å². The fourth-order valence-electron chi connectivity index (χ4n) is 3.89. The van der Waals surface area contributed by atoms with Crippen molar-refractivity contribution < 1.29 is 14.3 Å². The summed E-state index contributed by atoms with van der Waals surface area (Å²) in [5.74, 6) is 0.663. The predicted molar refractivity (Wildman–Crippen MR) is 74.8 cm³/mol. The fourth-order valence-corrected chi connectivity index (χ4v) is 3.89. The number of ether oxygens (including phenoxy) is 1. The third-order valence-electron chi connectivity index (χ3n) is 5.65. The van der Waals surface area contributed by atoms with Gasteiger partial charge in [-0.1, -0.05) is 20.8 Å². The summed E-state index contributed by atoms with van der Waals surface area (Å²) < 4.78 is 4.67. The highest BCUT2D eigenvalue weighted by Crippen LogP contribution is 2.65. The lowest BCUT2D eigenvalue weighted by molar-refractivity contribution is 0.121. The first kappa shape index (κ1) is 14.9. The molecular weight excluding hydrogens is 258 g/mol. The highest BCUT2D eigenvalue weighted by atomic mass is 16.6. The highest BCUT2D eigenvalue weighted by molar-refractivity contribution is 5.77. The van der Waals surface area contributed by atoms with Crippen LogP contribution in [-0.2, 0) is 4.74 Å². The van der Waals surface area contributed by atoms with Gasteiger partial charge < -0.3 is 10.1 Å². The molecule has 20 heavy (non-hydrogen) atoms. The maximum absolute atomic E-state index is 11.8. The minimum Gasteiger partial charge on any atom is -0.449 e. The normalized spacial score (nSPS) is 33.6. The summed E-state index contributed by atoms with van der Waals surface area (Å²) in [4.78, 5) is 22.9. The maximum Gasteiger partial charge on any atom is 0.426 e. The number of nitrogens with one attached hydrogen (secondary N) is 3. The average Bonchev–Trinajstić information content (AvgIpc) is 2.70. The first-order chi connectivity index (χ1) is 9.31. The van der Waals surface area contributed by atoms with Gasteiger partial charge in [0.05, 0.1) is 6.61 Å². The summed E-state index contributed by atoms with van der Waals surface area (Å²) in [7, 11) is 0. The van der Waals surface area contributed by atoms with Gasteiger partial charge in [0.15, 0.2) is 0 Å². The van der Waals surface area contributed by atoms with Crippen LogP contribution in [-0.4, -0.2) is 24.8 Å². The lowest BCUT2D eigenvalue weighted by Crippen LogP contribution is -2.54. The van der Waals surface area contributed by atoms with Crippen LogP contribution in [0.2, 0.25) is 0 Å². The number of carbonyl (C=O) groups is 2. The van der Waals surface area contributed by atoms with Gasteiger partial charge in [-0.05, 0) is 42.9 Å². The van der Waals surface area contributed by atoms with Crippen LogP contribution < -0.4 is 16.2 Å². The molecule has 6 nitrogen and oxygen atoms in total. The first-order valence-corrected chi connectivity index (χ1v) is 7.30. The monoisotopic (exact) mass is 283 g/mol. The molecule has 0 radical (unpaired) electrons. The molecule has 2 aliphatic rings. The second-order valence-electron chi connectivity index (χ2n) is 6.61. The SMILES string of the molecule is CCOC(=O)NNC(=O)N[C@@H]1C[C@H]2CC[C@@]1(C)C2(C)C. The molecule has 6 heteroatoms. The van der Waals surface area contributed by atoms with Crippen molar-refractivity contribution in [3.05, 3.63) is 0 Å². The topological polar surface area (TPSA) is 79.5 Å². The van der Waals surface area contributed by atoms with E-state index >= 15 is 0 Å². The smallest absolute Gasteiger partial charge is 0.426 e. The summed E-state index contributed by atoms with van der Waals surface area (Å²) in [6.07, 6.45) is 2.74. The molecule has 0 aliphatic heterocycles.